The van der Waals surface area contributed by atoms with E-state index < -0.39 is 5.41 Å². The summed E-state index contributed by atoms with van der Waals surface area (Å²) < 4.78 is 1.32. The van der Waals surface area contributed by atoms with E-state index in [1.165, 1.54) is 53.9 Å². The highest BCUT2D eigenvalue weighted by Crippen LogP contribution is 2.66. The molecule has 3 nitrogen and oxygen atoms in total. The zero-order valence-corrected chi connectivity index (χ0v) is 27.7. The molecular weight excluding hydrogens is 627 g/mol. The number of thiophene rings is 1. The van der Waals surface area contributed by atoms with Gasteiger partial charge in [0.05, 0.1) is 5.41 Å². The van der Waals surface area contributed by atoms with Gasteiger partial charge in [-0.15, -0.1) is 11.3 Å². The zero-order chi connectivity index (χ0) is 32.8. The molecule has 0 bridgehead atoms. The third-order valence-electron chi connectivity index (χ3n) is 10.5. The van der Waals surface area contributed by atoms with Crippen LogP contribution in [0.2, 0.25) is 0 Å². The monoisotopic (exact) mass is 653 g/mol. The van der Waals surface area contributed by atoms with Crippen LogP contribution >= 0.6 is 11.3 Å². The van der Waals surface area contributed by atoms with Crippen molar-refractivity contribution in [3.63, 3.8) is 0 Å². The van der Waals surface area contributed by atoms with Gasteiger partial charge in [0, 0.05) is 37.2 Å². The fraction of sp³-hybridized carbons (Fsp3) is 0.0217. The first-order valence-electron chi connectivity index (χ1n) is 17.0. The molecule has 4 heteroatoms. The maximum Gasteiger partial charge on any atom is 0.164 e. The Morgan fingerprint density at radius 2 is 1.00 bits per heavy atom. The summed E-state index contributed by atoms with van der Waals surface area (Å²) in [6.07, 6.45) is 0. The van der Waals surface area contributed by atoms with Crippen molar-refractivity contribution in [3.05, 3.63) is 185 Å². The number of hydrogen-bond donors (Lipinski definition) is 0. The van der Waals surface area contributed by atoms with E-state index in [0.29, 0.717) is 17.5 Å². The molecular formula is C46H27N3S. The number of rotatable bonds is 3. The molecule has 0 fully saturated rings. The molecule has 1 atom stereocenters. The summed E-state index contributed by atoms with van der Waals surface area (Å²) >= 11 is 1.93. The molecule has 232 valence electrons. The van der Waals surface area contributed by atoms with Gasteiger partial charge in [-0.1, -0.05) is 152 Å². The maximum atomic E-state index is 5.24. The Morgan fingerprint density at radius 3 is 1.86 bits per heavy atom. The maximum absolute atomic E-state index is 5.24. The SMILES string of the molecule is c1ccc(-c2nc(-c3ccc4c(c3)C3(c5ccccc5-4)c4ccccc4-c4c3sc3ccccc43)nc(-c3cccc4ccccc34)n2)cc1. The normalized spacial score (nSPS) is 15.3. The van der Waals surface area contributed by atoms with Crippen molar-refractivity contribution in [1.29, 1.82) is 0 Å². The van der Waals surface area contributed by atoms with Crippen LogP contribution in [-0.4, -0.2) is 15.0 Å². The lowest BCUT2D eigenvalue weighted by Gasteiger charge is -2.29. The predicted octanol–water partition coefficient (Wildman–Crippen LogP) is 11.6. The Hall–Kier alpha value is -6.23. The molecule has 2 aliphatic carbocycles. The Balaban J connectivity index is 1.20. The number of hydrogen-bond acceptors (Lipinski definition) is 4. The van der Waals surface area contributed by atoms with Gasteiger partial charge < -0.3 is 0 Å². The van der Waals surface area contributed by atoms with E-state index in [1.807, 2.05) is 29.5 Å². The van der Waals surface area contributed by atoms with Crippen molar-refractivity contribution in [2.45, 2.75) is 5.41 Å². The van der Waals surface area contributed by atoms with Gasteiger partial charge in [0.1, 0.15) is 0 Å². The van der Waals surface area contributed by atoms with Crippen molar-refractivity contribution in [2.75, 3.05) is 0 Å². The van der Waals surface area contributed by atoms with E-state index in [0.717, 1.165) is 27.5 Å². The van der Waals surface area contributed by atoms with Crippen molar-refractivity contribution in [1.82, 2.24) is 15.0 Å². The van der Waals surface area contributed by atoms with Crippen LogP contribution in [0.15, 0.2) is 164 Å². The van der Waals surface area contributed by atoms with E-state index in [9.17, 15) is 0 Å². The highest BCUT2D eigenvalue weighted by molar-refractivity contribution is 7.20. The van der Waals surface area contributed by atoms with Crippen LogP contribution in [0.4, 0.5) is 0 Å². The molecule has 1 spiro atoms. The second-order valence-corrected chi connectivity index (χ2v) is 14.2. The van der Waals surface area contributed by atoms with Gasteiger partial charge in [-0.3, -0.25) is 0 Å². The fourth-order valence-corrected chi connectivity index (χ4v) is 9.89. The summed E-state index contributed by atoms with van der Waals surface area (Å²) in [4.78, 5) is 16.9. The average molecular weight is 654 g/mol. The van der Waals surface area contributed by atoms with Crippen molar-refractivity contribution < 1.29 is 0 Å². The van der Waals surface area contributed by atoms with Crippen LogP contribution in [-0.2, 0) is 5.41 Å². The fourth-order valence-electron chi connectivity index (χ4n) is 8.44. The van der Waals surface area contributed by atoms with Gasteiger partial charge in [0.15, 0.2) is 17.5 Å². The van der Waals surface area contributed by atoms with Crippen LogP contribution in [0.3, 0.4) is 0 Å². The quantitative estimate of drug-likeness (QED) is 0.190. The van der Waals surface area contributed by atoms with E-state index in [4.69, 9.17) is 15.0 Å². The molecule has 9 aromatic rings. The van der Waals surface area contributed by atoms with Crippen LogP contribution in [0.1, 0.15) is 21.6 Å². The summed E-state index contributed by atoms with van der Waals surface area (Å²) in [6.45, 7) is 0. The summed E-state index contributed by atoms with van der Waals surface area (Å²) in [5, 5.41) is 3.60. The molecule has 50 heavy (non-hydrogen) atoms. The first-order chi connectivity index (χ1) is 24.8. The molecule has 2 aliphatic rings. The molecule has 0 radical (unpaired) electrons. The van der Waals surface area contributed by atoms with E-state index in [-0.39, 0.29) is 0 Å². The molecule has 0 saturated carbocycles. The molecule has 11 rings (SSSR count). The van der Waals surface area contributed by atoms with Gasteiger partial charge in [0.2, 0.25) is 0 Å². The lowest BCUT2D eigenvalue weighted by atomic mass is 9.73. The third-order valence-corrected chi connectivity index (χ3v) is 11.8. The second-order valence-electron chi connectivity index (χ2n) is 13.1. The molecule has 2 heterocycles. The van der Waals surface area contributed by atoms with E-state index >= 15 is 0 Å². The number of fused-ring (bicyclic) bond motifs is 13. The largest absolute Gasteiger partial charge is 0.208 e. The van der Waals surface area contributed by atoms with Gasteiger partial charge in [-0.05, 0) is 56.3 Å². The average Bonchev–Trinajstić information content (AvgIpc) is 3.81. The molecule has 1 unspecified atom stereocenters. The molecule has 2 aromatic heterocycles. The smallest absolute Gasteiger partial charge is 0.164 e. The lowest BCUT2D eigenvalue weighted by molar-refractivity contribution is 0.811. The van der Waals surface area contributed by atoms with Gasteiger partial charge in [-0.25, -0.2) is 15.0 Å². The highest BCUT2D eigenvalue weighted by atomic mass is 32.1. The van der Waals surface area contributed by atoms with Crippen LogP contribution < -0.4 is 0 Å². The van der Waals surface area contributed by atoms with E-state index in [2.05, 4.69) is 146 Å². The highest BCUT2D eigenvalue weighted by Gasteiger charge is 2.53. The Kier molecular flexibility index (Phi) is 5.75. The van der Waals surface area contributed by atoms with Crippen LogP contribution in [0.25, 0.3) is 77.3 Å². The van der Waals surface area contributed by atoms with Gasteiger partial charge in [-0.2, -0.15) is 0 Å². The Morgan fingerprint density at radius 1 is 0.400 bits per heavy atom. The third kappa shape index (κ3) is 3.71. The number of nitrogens with zero attached hydrogens (tertiary/aromatic N) is 3. The summed E-state index contributed by atoms with van der Waals surface area (Å²) in [5.41, 5.74) is 11.7. The van der Waals surface area contributed by atoms with Crippen LogP contribution in [0.5, 0.6) is 0 Å². The first-order valence-corrected chi connectivity index (χ1v) is 17.8. The van der Waals surface area contributed by atoms with Crippen molar-refractivity contribution >= 4 is 32.2 Å². The lowest BCUT2D eigenvalue weighted by Crippen LogP contribution is -2.25. The molecule has 7 aromatic carbocycles. The molecule has 0 amide bonds. The minimum Gasteiger partial charge on any atom is -0.208 e. The summed E-state index contributed by atoms with van der Waals surface area (Å²) in [5.74, 6) is 2.00. The van der Waals surface area contributed by atoms with Crippen LogP contribution in [0, 0.1) is 0 Å². The molecule has 0 saturated heterocycles. The van der Waals surface area contributed by atoms with Crippen molar-refractivity contribution in [2.24, 2.45) is 0 Å². The predicted molar refractivity (Wildman–Crippen MR) is 205 cm³/mol. The van der Waals surface area contributed by atoms with Gasteiger partial charge >= 0.3 is 0 Å². The Bertz CT molecular complexity index is 2830. The molecule has 0 aliphatic heterocycles. The van der Waals surface area contributed by atoms with Crippen molar-refractivity contribution in [3.8, 4) is 56.4 Å². The van der Waals surface area contributed by atoms with E-state index in [1.54, 1.807) is 0 Å². The minimum atomic E-state index is -0.439. The second kappa shape index (κ2) is 10.4. The van der Waals surface area contributed by atoms with Gasteiger partial charge in [0.25, 0.3) is 0 Å². The molecule has 0 N–H and O–H groups in total. The number of aromatic nitrogens is 3. The summed E-state index contributed by atoms with van der Waals surface area (Å²) in [7, 11) is 0. The topological polar surface area (TPSA) is 38.7 Å². The first kappa shape index (κ1) is 27.7. The zero-order valence-electron chi connectivity index (χ0n) is 26.8. The number of benzene rings is 7. The standard InChI is InChI=1S/C46H27N3S/c1-2-14-29(15-3-1)43-47-44(49-45(48-43)34-21-12-16-28-13-4-5-17-31(28)34)30-25-26-33-32-18-6-9-22-37(32)46(39(33)27-30)38-23-10-7-19-35(38)41-36-20-8-11-24-40(36)50-42(41)46/h1-27H. The summed E-state index contributed by atoms with van der Waals surface area (Å²) in [6, 6.07) is 58.7. The Labute approximate surface area is 293 Å². The minimum absolute atomic E-state index is 0.439.